The fourth-order valence-corrected chi connectivity index (χ4v) is 2.40. The van der Waals surface area contributed by atoms with Crippen LogP contribution in [0.25, 0.3) is 0 Å². The summed E-state index contributed by atoms with van der Waals surface area (Å²) in [6, 6.07) is 13.0. The summed E-state index contributed by atoms with van der Waals surface area (Å²) in [4.78, 5) is 14.1. The van der Waals surface area contributed by atoms with Crippen LogP contribution in [0, 0.1) is 11.6 Å². The molecule has 0 unspecified atom stereocenters. The maximum Gasteiger partial charge on any atom is 0.261 e. The molecule has 0 spiro atoms. The summed E-state index contributed by atoms with van der Waals surface area (Å²) in [7, 11) is 0. The van der Waals surface area contributed by atoms with E-state index in [1.165, 1.54) is 6.07 Å². The lowest BCUT2D eigenvalue weighted by Gasteiger charge is -2.22. The summed E-state index contributed by atoms with van der Waals surface area (Å²) in [5.41, 5.74) is 1.04. The smallest absolute Gasteiger partial charge is 0.261 e. The van der Waals surface area contributed by atoms with Gasteiger partial charge in [0.15, 0.2) is 18.2 Å². The Kier molecular flexibility index (Phi) is 4.55. The first-order valence-electron chi connectivity index (χ1n) is 7.55. The van der Waals surface area contributed by atoms with E-state index in [-0.39, 0.29) is 24.3 Å². The van der Waals surface area contributed by atoms with Gasteiger partial charge in [0.2, 0.25) is 0 Å². The van der Waals surface area contributed by atoms with E-state index in [9.17, 15) is 13.6 Å². The van der Waals surface area contributed by atoms with Crippen LogP contribution in [0.5, 0.6) is 5.75 Å². The van der Waals surface area contributed by atoms with Gasteiger partial charge in [-0.25, -0.2) is 8.78 Å². The summed E-state index contributed by atoms with van der Waals surface area (Å²) in [5, 5.41) is 0. The van der Waals surface area contributed by atoms with Crippen LogP contribution in [-0.2, 0) is 11.3 Å². The quantitative estimate of drug-likeness (QED) is 0.815. The second-order valence-corrected chi connectivity index (χ2v) is 5.60. The van der Waals surface area contributed by atoms with Crippen molar-refractivity contribution in [3.8, 4) is 5.75 Å². The highest BCUT2D eigenvalue weighted by Gasteiger charge is 2.32. The lowest BCUT2D eigenvalue weighted by Crippen LogP contribution is -2.36. The molecule has 0 aliphatic heterocycles. The molecule has 23 heavy (non-hydrogen) atoms. The van der Waals surface area contributed by atoms with Gasteiger partial charge in [0, 0.05) is 18.7 Å². The summed E-state index contributed by atoms with van der Waals surface area (Å²) in [5.74, 6) is -1.79. The molecule has 0 N–H and O–H groups in total. The van der Waals surface area contributed by atoms with E-state index < -0.39 is 11.6 Å². The van der Waals surface area contributed by atoms with Crippen molar-refractivity contribution in [2.75, 3.05) is 6.61 Å². The molecule has 120 valence electrons. The van der Waals surface area contributed by atoms with Crippen molar-refractivity contribution >= 4 is 5.91 Å². The number of hydrogen-bond acceptors (Lipinski definition) is 2. The molecule has 2 aromatic rings. The highest BCUT2D eigenvalue weighted by atomic mass is 19.1. The van der Waals surface area contributed by atoms with Crippen LogP contribution in [0.4, 0.5) is 8.78 Å². The third-order valence-electron chi connectivity index (χ3n) is 3.75. The fraction of sp³-hybridized carbons (Fsp3) is 0.278. The third-order valence-corrected chi connectivity index (χ3v) is 3.75. The second kappa shape index (κ2) is 6.77. The summed E-state index contributed by atoms with van der Waals surface area (Å²) in [6.07, 6.45) is 1.95. The number of carbonyl (C=O) groups is 1. The highest BCUT2D eigenvalue weighted by molar-refractivity contribution is 5.78. The number of hydrogen-bond donors (Lipinski definition) is 0. The molecular weight excluding hydrogens is 300 g/mol. The van der Waals surface area contributed by atoms with Gasteiger partial charge in [0.05, 0.1) is 0 Å². The summed E-state index contributed by atoms with van der Waals surface area (Å²) in [6.45, 7) is 0.255. The first-order chi connectivity index (χ1) is 11.1. The molecule has 5 heteroatoms. The zero-order valence-electron chi connectivity index (χ0n) is 12.5. The third kappa shape index (κ3) is 4.06. The monoisotopic (exact) mass is 317 g/mol. The average molecular weight is 317 g/mol. The van der Waals surface area contributed by atoms with Gasteiger partial charge in [0.1, 0.15) is 5.82 Å². The standard InChI is InChI=1S/C18H17F2NO2/c19-14-6-9-17(16(20)10-14)23-12-18(22)21(15-7-8-15)11-13-4-2-1-3-5-13/h1-6,9-10,15H,7-8,11-12H2. The van der Waals surface area contributed by atoms with Gasteiger partial charge in [0.25, 0.3) is 5.91 Å². The van der Waals surface area contributed by atoms with Crippen molar-refractivity contribution in [2.45, 2.75) is 25.4 Å². The largest absolute Gasteiger partial charge is 0.481 e. The molecular formula is C18H17F2NO2. The molecule has 3 rings (SSSR count). The normalized spacial score (nSPS) is 13.7. The summed E-state index contributed by atoms with van der Waals surface area (Å²) >= 11 is 0. The van der Waals surface area contributed by atoms with E-state index in [4.69, 9.17) is 4.74 Å². The predicted molar refractivity (Wildman–Crippen MR) is 81.9 cm³/mol. The Hall–Kier alpha value is -2.43. The van der Waals surface area contributed by atoms with Gasteiger partial charge in [-0.05, 0) is 30.5 Å². The number of nitrogens with zero attached hydrogens (tertiary/aromatic N) is 1. The van der Waals surface area contributed by atoms with Crippen molar-refractivity contribution in [2.24, 2.45) is 0 Å². The van der Waals surface area contributed by atoms with Crippen LogP contribution in [0.2, 0.25) is 0 Å². The minimum absolute atomic E-state index is 0.116. The average Bonchev–Trinajstić information content (AvgIpc) is 3.37. The molecule has 1 fully saturated rings. The Bertz CT molecular complexity index is 687. The Morgan fingerprint density at radius 1 is 1.13 bits per heavy atom. The second-order valence-electron chi connectivity index (χ2n) is 5.60. The maximum absolute atomic E-state index is 13.5. The Labute approximate surface area is 133 Å². The molecule has 1 saturated carbocycles. The van der Waals surface area contributed by atoms with Gasteiger partial charge < -0.3 is 9.64 Å². The van der Waals surface area contributed by atoms with Crippen molar-refractivity contribution in [1.29, 1.82) is 0 Å². The van der Waals surface area contributed by atoms with Crippen LogP contribution in [0.1, 0.15) is 18.4 Å². The van der Waals surface area contributed by atoms with Crippen LogP contribution in [-0.4, -0.2) is 23.5 Å². The van der Waals surface area contributed by atoms with Crippen molar-refractivity contribution in [3.63, 3.8) is 0 Å². The van der Waals surface area contributed by atoms with Crippen LogP contribution < -0.4 is 4.74 Å². The van der Waals surface area contributed by atoms with Crippen LogP contribution >= 0.6 is 0 Å². The molecule has 0 heterocycles. The molecule has 2 aromatic carbocycles. The number of rotatable bonds is 6. The van der Waals surface area contributed by atoms with Crippen LogP contribution in [0.15, 0.2) is 48.5 Å². The first kappa shape index (κ1) is 15.5. The molecule has 0 radical (unpaired) electrons. The molecule has 1 aliphatic carbocycles. The number of halogens is 2. The SMILES string of the molecule is O=C(COc1ccc(F)cc1F)N(Cc1ccccc1)C1CC1. The molecule has 1 amide bonds. The van der Waals surface area contributed by atoms with Gasteiger partial charge >= 0.3 is 0 Å². The predicted octanol–water partition coefficient (Wildman–Crippen LogP) is 3.53. The molecule has 0 aromatic heterocycles. The van der Waals surface area contributed by atoms with Crippen molar-refractivity contribution in [3.05, 3.63) is 65.7 Å². The van der Waals surface area contributed by atoms with E-state index in [2.05, 4.69) is 0 Å². The van der Waals surface area contributed by atoms with Gasteiger partial charge in [-0.3, -0.25) is 4.79 Å². The minimum atomic E-state index is -0.807. The zero-order valence-corrected chi connectivity index (χ0v) is 12.5. The van der Waals surface area contributed by atoms with Gasteiger partial charge in [-0.1, -0.05) is 30.3 Å². The fourth-order valence-electron chi connectivity index (χ4n) is 2.40. The number of ether oxygens (including phenoxy) is 1. The Balaban J connectivity index is 1.62. The maximum atomic E-state index is 13.5. The van der Waals surface area contributed by atoms with E-state index in [1.807, 2.05) is 30.3 Å². The van der Waals surface area contributed by atoms with E-state index in [0.717, 1.165) is 30.5 Å². The lowest BCUT2D eigenvalue weighted by atomic mass is 10.2. The Morgan fingerprint density at radius 2 is 1.87 bits per heavy atom. The van der Waals surface area contributed by atoms with Gasteiger partial charge in [-0.15, -0.1) is 0 Å². The molecule has 0 bridgehead atoms. The Morgan fingerprint density at radius 3 is 2.52 bits per heavy atom. The molecule has 1 aliphatic rings. The molecule has 3 nitrogen and oxygen atoms in total. The van der Waals surface area contributed by atoms with Crippen LogP contribution in [0.3, 0.4) is 0 Å². The van der Waals surface area contributed by atoms with Crippen molar-refractivity contribution in [1.82, 2.24) is 4.90 Å². The van der Waals surface area contributed by atoms with Gasteiger partial charge in [-0.2, -0.15) is 0 Å². The number of amides is 1. The first-order valence-corrected chi connectivity index (χ1v) is 7.55. The van der Waals surface area contributed by atoms with E-state index in [1.54, 1.807) is 4.90 Å². The number of benzene rings is 2. The number of carbonyl (C=O) groups excluding carboxylic acids is 1. The molecule has 0 saturated heterocycles. The lowest BCUT2D eigenvalue weighted by molar-refractivity contribution is -0.134. The molecule has 0 atom stereocenters. The zero-order chi connectivity index (χ0) is 16.2. The summed E-state index contributed by atoms with van der Waals surface area (Å²) < 4.78 is 31.6. The van der Waals surface area contributed by atoms with E-state index >= 15 is 0 Å². The van der Waals surface area contributed by atoms with E-state index in [0.29, 0.717) is 6.54 Å². The highest BCUT2D eigenvalue weighted by Crippen LogP contribution is 2.28. The van der Waals surface area contributed by atoms with Crippen molar-refractivity contribution < 1.29 is 18.3 Å². The topological polar surface area (TPSA) is 29.5 Å². The minimum Gasteiger partial charge on any atom is -0.481 e.